The van der Waals surface area contributed by atoms with Crippen LogP contribution in [0.25, 0.3) is 0 Å². The molecule has 3 nitrogen and oxygen atoms in total. The Kier molecular flexibility index (Phi) is 5.31. The summed E-state index contributed by atoms with van der Waals surface area (Å²) < 4.78 is 0. The predicted molar refractivity (Wildman–Crippen MR) is 97.7 cm³/mol. The molecule has 2 aromatic carbocycles. The number of benzene rings is 2. The number of nitrogens with two attached hydrogens (primary N) is 1. The third-order valence-electron chi connectivity index (χ3n) is 5.21. The Labute approximate surface area is 144 Å². The van der Waals surface area contributed by atoms with Gasteiger partial charge < -0.3 is 10.6 Å². The van der Waals surface area contributed by atoms with Crippen molar-refractivity contribution in [1.82, 2.24) is 4.90 Å². The van der Waals surface area contributed by atoms with Crippen LogP contribution >= 0.6 is 0 Å². The first-order valence-electron chi connectivity index (χ1n) is 8.79. The first-order chi connectivity index (χ1) is 11.7. The topological polar surface area (TPSA) is 46.3 Å². The molecule has 1 aliphatic rings. The quantitative estimate of drug-likeness (QED) is 0.914. The number of amides is 1. The van der Waals surface area contributed by atoms with Gasteiger partial charge in [0.15, 0.2) is 0 Å². The maximum atomic E-state index is 12.8. The summed E-state index contributed by atoms with van der Waals surface area (Å²) >= 11 is 0. The number of carbonyl (C=O) groups is 1. The van der Waals surface area contributed by atoms with Crippen LogP contribution in [0, 0.1) is 5.92 Å². The molecule has 24 heavy (non-hydrogen) atoms. The summed E-state index contributed by atoms with van der Waals surface area (Å²) in [5, 5.41) is 0. The van der Waals surface area contributed by atoms with Crippen molar-refractivity contribution in [1.29, 1.82) is 0 Å². The Hall–Kier alpha value is -2.13. The van der Waals surface area contributed by atoms with Crippen molar-refractivity contribution in [3.05, 3.63) is 71.3 Å². The van der Waals surface area contributed by atoms with Crippen molar-refractivity contribution in [2.45, 2.75) is 38.3 Å². The average Bonchev–Trinajstić information content (AvgIpc) is 3.09. The first-order valence-corrected chi connectivity index (χ1v) is 8.79. The van der Waals surface area contributed by atoms with Gasteiger partial charge in [-0.05, 0) is 48.4 Å². The third kappa shape index (κ3) is 3.68. The van der Waals surface area contributed by atoms with E-state index in [1.54, 1.807) is 0 Å². The van der Waals surface area contributed by atoms with Gasteiger partial charge in [0.25, 0.3) is 5.91 Å². The van der Waals surface area contributed by atoms with Crippen molar-refractivity contribution in [2.75, 3.05) is 7.05 Å². The molecule has 1 aliphatic carbocycles. The first kappa shape index (κ1) is 16.7. The van der Waals surface area contributed by atoms with E-state index < -0.39 is 0 Å². The van der Waals surface area contributed by atoms with Gasteiger partial charge in [0, 0.05) is 25.2 Å². The second kappa shape index (κ2) is 7.63. The Morgan fingerprint density at radius 1 is 1.04 bits per heavy atom. The highest BCUT2D eigenvalue weighted by Gasteiger charge is 2.32. The number of nitrogens with zero attached hydrogens (tertiary/aromatic N) is 1. The Morgan fingerprint density at radius 2 is 1.75 bits per heavy atom. The van der Waals surface area contributed by atoms with E-state index in [9.17, 15) is 4.79 Å². The average molecular weight is 322 g/mol. The normalized spacial score (nSPS) is 20.1. The molecular formula is C21H26N2O. The molecule has 0 unspecified atom stereocenters. The molecule has 1 fully saturated rings. The summed E-state index contributed by atoms with van der Waals surface area (Å²) in [6.45, 7) is 0.506. The fraction of sp³-hybridized carbons (Fsp3) is 0.381. The Bertz CT molecular complexity index is 666. The van der Waals surface area contributed by atoms with Gasteiger partial charge in [-0.2, -0.15) is 0 Å². The van der Waals surface area contributed by atoms with Gasteiger partial charge in [-0.25, -0.2) is 0 Å². The molecule has 3 heteroatoms. The van der Waals surface area contributed by atoms with Crippen LogP contribution in [0.15, 0.2) is 54.6 Å². The zero-order valence-electron chi connectivity index (χ0n) is 14.3. The molecule has 2 aromatic rings. The molecule has 3 rings (SSSR count). The molecule has 0 bridgehead atoms. The highest BCUT2D eigenvalue weighted by Crippen LogP contribution is 2.32. The number of hydrogen-bond donors (Lipinski definition) is 1. The van der Waals surface area contributed by atoms with Crippen LogP contribution in [0.2, 0.25) is 0 Å². The monoisotopic (exact) mass is 322 g/mol. The number of hydrogen-bond acceptors (Lipinski definition) is 2. The predicted octanol–water partition coefficient (Wildman–Crippen LogP) is 3.63. The summed E-state index contributed by atoms with van der Waals surface area (Å²) in [5.74, 6) is 0.660. The fourth-order valence-corrected chi connectivity index (χ4v) is 3.82. The lowest BCUT2D eigenvalue weighted by Gasteiger charge is -2.30. The minimum atomic E-state index is 0.114. The summed E-state index contributed by atoms with van der Waals surface area (Å²) in [6, 6.07) is 18.6. The summed E-state index contributed by atoms with van der Waals surface area (Å²) in [4.78, 5) is 14.8. The van der Waals surface area contributed by atoms with E-state index in [2.05, 4.69) is 30.3 Å². The lowest BCUT2D eigenvalue weighted by molar-refractivity contribution is 0.0696. The molecule has 2 N–H and O–H groups in total. The smallest absolute Gasteiger partial charge is 0.253 e. The molecule has 0 aromatic heterocycles. The van der Waals surface area contributed by atoms with Crippen LogP contribution < -0.4 is 5.73 Å². The molecule has 1 amide bonds. The summed E-state index contributed by atoms with van der Waals surface area (Å²) in [7, 11) is 1.95. The fourth-order valence-electron chi connectivity index (χ4n) is 3.82. The minimum absolute atomic E-state index is 0.114. The van der Waals surface area contributed by atoms with Crippen molar-refractivity contribution in [3.63, 3.8) is 0 Å². The minimum Gasteiger partial charge on any atom is -0.338 e. The van der Waals surface area contributed by atoms with Gasteiger partial charge in [-0.1, -0.05) is 48.9 Å². The third-order valence-corrected chi connectivity index (χ3v) is 5.21. The van der Waals surface area contributed by atoms with Crippen LogP contribution in [-0.4, -0.2) is 23.9 Å². The highest BCUT2D eigenvalue weighted by molar-refractivity contribution is 5.94. The molecule has 0 aliphatic heterocycles. The lowest BCUT2D eigenvalue weighted by atomic mass is 9.93. The van der Waals surface area contributed by atoms with Crippen molar-refractivity contribution in [2.24, 2.45) is 11.7 Å². The van der Waals surface area contributed by atoms with Crippen molar-refractivity contribution in [3.8, 4) is 0 Å². The molecule has 0 radical (unpaired) electrons. The number of carbonyl (C=O) groups excluding carboxylic acids is 1. The maximum absolute atomic E-state index is 12.8. The van der Waals surface area contributed by atoms with Gasteiger partial charge in [-0.3, -0.25) is 4.79 Å². The van der Waals surface area contributed by atoms with E-state index in [0.717, 1.165) is 24.0 Å². The standard InChI is InChI=1S/C21H26N2O/c1-23(21(24)18-12-10-17(15-22)11-13-18)20-9-5-8-19(20)14-16-6-3-2-4-7-16/h2-4,6-7,10-13,19-20H,5,8-9,14-15,22H2,1H3/t19-,20-/m1/s1. The molecule has 126 valence electrons. The molecule has 1 saturated carbocycles. The summed E-state index contributed by atoms with van der Waals surface area (Å²) in [5.41, 5.74) is 8.80. The molecule has 2 atom stereocenters. The van der Waals surface area contributed by atoms with Crippen LogP contribution in [0.1, 0.15) is 40.7 Å². The molecular weight excluding hydrogens is 296 g/mol. The van der Waals surface area contributed by atoms with Crippen LogP contribution in [0.5, 0.6) is 0 Å². The van der Waals surface area contributed by atoms with E-state index in [1.165, 1.54) is 18.4 Å². The number of rotatable bonds is 5. The SMILES string of the molecule is CN(C(=O)c1ccc(CN)cc1)[C@@H]1CCC[C@@H]1Cc1ccccc1. The Balaban J connectivity index is 1.70. The molecule has 0 saturated heterocycles. The second-order valence-corrected chi connectivity index (χ2v) is 6.77. The lowest BCUT2D eigenvalue weighted by Crippen LogP contribution is -2.40. The molecule has 0 spiro atoms. The van der Waals surface area contributed by atoms with Crippen LogP contribution in [0.3, 0.4) is 0 Å². The van der Waals surface area contributed by atoms with Gasteiger partial charge >= 0.3 is 0 Å². The van der Waals surface area contributed by atoms with Crippen molar-refractivity contribution < 1.29 is 4.79 Å². The van der Waals surface area contributed by atoms with E-state index in [0.29, 0.717) is 18.5 Å². The van der Waals surface area contributed by atoms with Crippen LogP contribution in [0.4, 0.5) is 0 Å². The van der Waals surface area contributed by atoms with Gasteiger partial charge in [-0.15, -0.1) is 0 Å². The van der Waals surface area contributed by atoms with Gasteiger partial charge in [0.2, 0.25) is 0 Å². The van der Waals surface area contributed by atoms with Gasteiger partial charge in [0.05, 0.1) is 0 Å². The van der Waals surface area contributed by atoms with Crippen molar-refractivity contribution >= 4 is 5.91 Å². The molecule has 0 heterocycles. The highest BCUT2D eigenvalue weighted by atomic mass is 16.2. The second-order valence-electron chi connectivity index (χ2n) is 6.77. The Morgan fingerprint density at radius 3 is 2.42 bits per heavy atom. The van der Waals surface area contributed by atoms with E-state index in [1.807, 2.05) is 36.2 Å². The zero-order valence-corrected chi connectivity index (χ0v) is 14.3. The zero-order chi connectivity index (χ0) is 16.9. The van der Waals surface area contributed by atoms with Crippen LogP contribution in [-0.2, 0) is 13.0 Å². The van der Waals surface area contributed by atoms with E-state index in [4.69, 9.17) is 5.73 Å². The summed E-state index contributed by atoms with van der Waals surface area (Å²) in [6.07, 6.45) is 4.55. The maximum Gasteiger partial charge on any atom is 0.253 e. The van der Waals surface area contributed by atoms with E-state index >= 15 is 0 Å². The van der Waals surface area contributed by atoms with E-state index in [-0.39, 0.29) is 5.91 Å². The van der Waals surface area contributed by atoms with Gasteiger partial charge in [0.1, 0.15) is 0 Å². The largest absolute Gasteiger partial charge is 0.338 e.